The van der Waals surface area contributed by atoms with Gasteiger partial charge in [-0.25, -0.2) is 0 Å². The molecule has 0 N–H and O–H groups in total. The Bertz CT molecular complexity index is 276. The van der Waals surface area contributed by atoms with Gasteiger partial charge in [-0.15, -0.1) is 0 Å². The van der Waals surface area contributed by atoms with E-state index in [0.29, 0.717) is 42.1 Å². The molecule has 78 valence electrons. The Morgan fingerprint density at radius 1 is 1.36 bits per heavy atom. The maximum atomic E-state index is 11.5. The van der Waals surface area contributed by atoms with Crippen LogP contribution in [0.3, 0.4) is 0 Å². The van der Waals surface area contributed by atoms with Gasteiger partial charge in [0.05, 0.1) is 0 Å². The summed E-state index contributed by atoms with van der Waals surface area (Å²) in [5, 5.41) is 2.33. The van der Waals surface area contributed by atoms with Crippen molar-refractivity contribution in [3.63, 3.8) is 0 Å². The first-order chi connectivity index (χ1) is 6.66. The van der Waals surface area contributed by atoms with E-state index in [0.717, 1.165) is 3.37 Å². The maximum absolute atomic E-state index is 11.5. The molecule has 0 bridgehead atoms. The summed E-state index contributed by atoms with van der Waals surface area (Å²) >= 11 is 0.710. The van der Waals surface area contributed by atoms with Gasteiger partial charge in [0, 0.05) is 0 Å². The summed E-state index contributed by atoms with van der Waals surface area (Å²) in [6.07, 6.45) is 0. The van der Waals surface area contributed by atoms with E-state index in [1.54, 1.807) is 6.92 Å². The van der Waals surface area contributed by atoms with E-state index in [1.165, 1.54) is 17.6 Å². The van der Waals surface area contributed by atoms with Crippen LogP contribution in [0.25, 0.3) is 0 Å². The molecule has 0 radical (unpaired) electrons. The molecule has 0 aromatic carbocycles. The van der Waals surface area contributed by atoms with Gasteiger partial charge >= 0.3 is 96.0 Å². The summed E-state index contributed by atoms with van der Waals surface area (Å²) in [5.74, 6) is -0.551. The third-order valence-electron chi connectivity index (χ3n) is 1.59. The molecular formula is C9H12O3Se2. The van der Waals surface area contributed by atoms with Crippen LogP contribution in [0, 0.1) is 0 Å². The van der Waals surface area contributed by atoms with Gasteiger partial charge in [0.1, 0.15) is 0 Å². The zero-order valence-electron chi connectivity index (χ0n) is 8.16. The first-order valence-corrected chi connectivity index (χ1v) is 8.48. The van der Waals surface area contributed by atoms with Gasteiger partial charge in [0.25, 0.3) is 0 Å². The van der Waals surface area contributed by atoms with Crippen molar-refractivity contribution >= 4 is 41.7 Å². The molecule has 1 saturated heterocycles. The Balaban J connectivity index is 2.88. The third-order valence-corrected chi connectivity index (χ3v) is 9.13. The molecule has 1 aliphatic rings. The first kappa shape index (κ1) is 12.0. The summed E-state index contributed by atoms with van der Waals surface area (Å²) < 4.78 is 5.99. The van der Waals surface area contributed by atoms with Crippen molar-refractivity contribution in [1.82, 2.24) is 0 Å². The zero-order valence-corrected chi connectivity index (χ0v) is 11.6. The normalized spacial score (nSPS) is 15.4. The van der Waals surface area contributed by atoms with Gasteiger partial charge in [0.15, 0.2) is 0 Å². The second kappa shape index (κ2) is 5.72. The van der Waals surface area contributed by atoms with Gasteiger partial charge < -0.3 is 0 Å². The Hall–Kier alpha value is -0.0810. The second-order valence-corrected chi connectivity index (χ2v) is 8.58. The molecule has 1 aliphatic heterocycles. The van der Waals surface area contributed by atoms with Crippen molar-refractivity contribution in [3.05, 3.63) is 8.94 Å². The van der Waals surface area contributed by atoms with Gasteiger partial charge in [-0.2, -0.15) is 0 Å². The number of hydrogen-bond donors (Lipinski definition) is 0. The van der Waals surface area contributed by atoms with Crippen LogP contribution >= 0.6 is 0 Å². The number of esters is 1. The second-order valence-electron chi connectivity index (χ2n) is 2.64. The van der Waals surface area contributed by atoms with Crippen LogP contribution in [0.4, 0.5) is 0 Å². The molecule has 0 atom stereocenters. The zero-order chi connectivity index (χ0) is 10.6. The van der Waals surface area contributed by atoms with Crippen molar-refractivity contribution < 1.29 is 14.3 Å². The fourth-order valence-corrected chi connectivity index (χ4v) is 8.43. The summed E-state index contributed by atoms with van der Waals surface area (Å²) in [5.41, 5.74) is 0.351. The van der Waals surface area contributed by atoms with Crippen LogP contribution < -0.4 is 0 Å². The Kier molecular flexibility index (Phi) is 4.90. The predicted molar refractivity (Wildman–Crippen MR) is 55.5 cm³/mol. The number of rotatable bonds is 3. The number of ether oxygens (including phenoxy) is 1. The van der Waals surface area contributed by atoms with E-state index < -0.39 is 5.97 Å². The van der Waals surface area contributed by atoms with E-state index >= 15 is 0 Å². The molecule has 1 rings (SSSR count). The van der Waals surface area contributed by atoms with Gasteiger partial charge in [-0.1, -0.05) is 0 Å². The quantitative estimate of drug-likeness (QED) is 0.251. The molecule has 0 saturated carbocycles. The summed E-state index contributed by atoms with van der Waals surface area (Å²) in [6.45, 7) is 3.54. The standard InChI is InChI=1S/C9H12O3Se2/c1-3-12-8(11)7(6(2)10)9-13-4-5-14-9/h3-5H2,1-2H3. The van der Waals surface area contributed by atoms with Crippen LogP contribution in [-0.2, 0) is 14.3 Å². The molecule has 3 nitrogen and oxygen atoms in total. The van der Waals surface area contributed by atoms with Gasteiger partial charge in [-0.05, 0) is 0 Å². The van der Waals surface area contributed by atoms with E-state index in [4.69, 9.17) is 4.74 Å². The third kappa shape index (κ3) is 2.96. The van der Waals surface area contributed by atoms with Crippen molar-refractivity contribution in [1.29, 1.82) is 0 Å². The molecular weight excluding hydrogens is 314 g/mol. The van der Waals surface area contributed by atoms with E-state index in [-0.39, 0.29) is 5.78 Å². The minimum absolute atomic E-state index is 0.135. The SMILES string of the molecule is CCOC(=O)C(C(C)=O)=C1[Se]CC[Se]1. The predicted octanol–water partition coefficient (Wildman–Crippen LogP) is 0.609. The van der Waals surface area contributed by atoms with Gasteiger partial charge in [-0.3, -0.25) is 0 Å². The number of carbonyl (C=O) groups excluding carboxylic acids is 2. The van der Waals surface area contributed by atoms with Crippen LogP contribution in [0.5, 0.6) is 0 Å². The Labute approximate surface area is 96.0 Å². The topological polar surface area (TPSA) is 43.4 Å². The number of Topliss-reactive ketones (excluding diaryl/α,β-unsaturated/α-hetero) is 1. The van der Waals surface area contributed by atoms with E-state index in [9.17, 15) is 9.59 Å². The molecule has 5 heteroatoms. The fraction of sp³-hybridized carbons (Fsp3) is 0.556. The Morgan fingerprint density at radius 2 is 1.93 bits per heavy atom. The minimum atomic E-state index is -0.416. The van der Waals surface area contributed by atoms with Crippen LogP contribution in [0.15, 0.2) is 8.94 Å². The molecule has 0 amide bonds. The molecule has 14 heavy (non-hydrogen) atoms. The van der Waals surface area contributed by atoms with Crippen molar-refractivity contribution in [2.45, 2.75) is 24.5 Å². The fourth-order valence-electron chi connectivity index (χ4n) is 1.03. The molecule has 1 heterocycles. The molecule has 0 aliphatic carbocycles. The van der Waals surface area contributed by atoms with Gasteiger partial charge in [0.2, 0.25) is 0 Å². The average Bonchev–Trinajstić information content (AvgIpc) is 2.57. The molecule has 1 fully saturated rings. The number of ketones is 1. The number of hydrogen-bond acceptors (Lipinski definition) is 3. The van der Waals surface area contributed by atoms with Crippen LogP contribution in [0.2, 0.25) is 10.6 Å². The molecule has 0 aromatic rings. The summed E-state index contributed by atoms with van der Waals surface area (Å²) in [6, 6.07) is 0. The summed E-state index contributed by atoms with van der Waals surface area (Å²) in [7, 11) is 0. The van der Waals surface area contributed by atoms with Crippen molar-refractivity contribution in [3.8, 4) is 0 Å². The van der Waals surface area contributed by atoms with Crippen molar-refractivity contribution in [2.75, 3.05) is 6.61 Å². The van der Waals surface area contributed by atoms with E-state index in [2.05, 4.69) is 0 Å². The molecule has 0 aromatic heterocycles. The van der Waals surface area contributed by atoms with E-state index in [1.807, 2.05) is 0 Å². The first-order valence-electron chi connectivity index (χ1n) is 4.34. The van der Waals surface area contributed by atoms with Crippen molar-refractivity contribution in [2.24, 2.45) is 0 Å². The molecule has 0 spiro atoms. The Morgan fingerprint density at radius 3 is 2.36 bits per heavy atom. The number of carbonyl (C=O) groups is 2. The summed E-state index contributed by atoms with van der Waals surface area (Å²) in [4.78, 5) is 22.8. The average molecular weight is 326 g/mol. The molecule has 0 unspecified atom stereocenters. The monoisotopic (exact) mass is 328 g/mol. The van der Waals surface area contributed by atoms with Crippen LogP contribution in [-0.4, -0.2) is 48.3 Å². The van der Waals surface area contributed by atoms with Crippen LogP contribution in [0.1, 0.15) is 13.8 Å².